The molecule has 5 atom stereocenters. The fraction of sp³-hybridized carbons (Fsp3) is 0.556. The molecule has 227 valence electrons. The molecule has 0 aliphatic heterocycles. The van der Waals surface area contributed by atoms with E-state index in [0.717, 1.165) is 5.56 Å². The minimum absolute atomic E-state index is 0.0513. The van der Waals surface area contributed by atoms with E-state index in [9.17, 15) is 28.8 Å². The third-order valence-corrected chi connectivity index (χ3v) is 6.83. The Hall–Kier alpha value is -3.10. The van der Waals surface area contributed by atoms with Crippen LogP contribution in [0.4, 0.5) is 0 Å². The summed E-state index contributed by atoms with van der Waals surface area (Å²) in [6.45, 7) is 6.49. The maximum Gasteiger partial charge on any atom is 0.244 e. The molecule has 5 amide bonds. The Morgan fingerprint density at radius 2 is 1.20 bits per heavy atom. The fourth-order valence-electron chi connectivity index (χ4n) is 3.70. The number of carbonyl (C=O) groups excluding carboxylic acids is 6. The van der Waals surface area contributed by atoms with Crippen LogP contribution < -0.4 is 32.3 Å². The van der Waals surface area contributed by atoms with Gasteiger partial charge in [0, 0.05) is 11.5 Å². The van der Waals surface area contributed by atoms with Crippen molar-refractivity contribution < 1.29 is 28.8 Å². The van der Waals surface area contributed by atoms with E-state index in [2.05, 4.69) is 51.8 Å². The molecule has 7 N–H and O–H groups in total. The van der Waals surface area contributed by atoms with Gasteiger partial charge in [0.15, 0.2) is 0 Å². The van der Waals surface area contributed by atoms with E-state index in [4.69, 9.17) is 5.73 Å². The number of amides is 5. The van der Waals surface area contributed by atoms with Crippen LogP contribution in [0.25, 0.3) is 0 Å². The minimum atomic E-state index is -1.13. The van der Waals surface area contributed by atoms with Crippen molar-refractivity contribution >= 4 is 61.1 Å². The van der Waals surface area contributed by atoms with Gasteiger partial charge >= 0.3 is 0 Å². The van der Waals surface area contributed by atoms with Crippen LogP contribution in [0.3, 0.4) is 0 Å². The van der Waals surface area contributed by atoms with E-state index in [1.165, 1.54) is 0 Å². The predicted octanol–water partition coefficient (Wildman–Crippen LogP) is -1.11. The monoisotopic (exact) mass is 609 g/mol. The molecule has 0 bridgehead atoms. The Morgan fingerprint density at radius 1 is 0.732 bits per heavy atom. The van der Waals surface area contributed by atoms with Gasteiger partial charge in [-0.1, -0.05) is 58.0 Å². The van der Waals surface area contributed by atoms with Gasteiger partial charge in [-0.25, -0.2) is 0 Å². The van der Waals surface area contributed by atoms with E-state index < -0.39 is 65.7 Å². The van der Waals surface area contributed by atoms with E-state index >= 15 is 0 Å². The highest BCUT2D eigenvalue weighted by Crippen LogP contribution is 2.07. The standard InChI is InChI=1S/C27H41N6O6S2/c1-15(2)21(26(38)29-10-11-34)32-25(37)20(14-41)31-27(39)22(16(3)4)33-24(36)19(13-40)30-23(35)18(28)12-17-8-6-5-7-9-17/h5-9,15-16,18-22,40-41H,10,12-14,28H2,1-4H3,(H,29,38)(H,30,35)(H,31,39)(H,32,37)(H,33,36)/t18-,19-,20-,21-,22-/m0/s1. The summed E-state index contributed by atoms with van der Waals surface area (Å²) in [6.07, 6.45) is 1.82. The Balaban J connectivity index is 2.86. The molecule has 14 heteroatoms. The lowest BCUT2D eigenvalue weighted by molar-refractivity contribution is -0.135. The van der Waals surface area contributed by atoms with Gasteiger partial charge in [0.2, 0.25) is 35.8 Å². The molecule has 0 aliphatic rings. The third kappa shape index (κ3) is 12.1. The molecule has 0 heterocycles. The number of rotatable bonds is 17. The number of benzene rings is 1. The molecule has 41 heavy (non-hydrogen) atoms. The molecule has 1 aromatic carbocycles. The molecule has 0 fully saturated rings. The molecule has 1 radical (unpaired) electrons. The maximum absolute atomic E-state index is 13.1. The summed E-state index contributed by atoms with van der Waals surface area (Å²) < 4.78 is 0. The van der Waals surface area contributed by atoms with E-state index in [0.29, 0.717) is 0 Å². The maximum atomic E-state index is 13.1. The average Bonchev–Trinajstić information content (AvgIpc) is 2.94. The second-order valence-electron chi connectivity index (χ2n) is 10.1. The van der Waals surface area contributed by atoms with E-state index in [1.807, 2.05) is 30.3 Å². The van der Waals surface area contributed by atoms with Gasteiger partial charge < -0.3 is 32.3 Å². The van der Waals surface area contributed by atoms with Crippen molar-refractivity contribution in [2.75, 3.05) is 18.1 Å². The Bertz CT molecular complexity index is 1040. The van der Waals surface area contributed by atoms with Crippen LogP contribution in [0.15, 0.2) is 30.3 Å². The van der Waals surface area contributed by atoms with Gasteiger partial charge in [-0.05, 0) is 23.8 Å². The zero-order chi connectivity index (χ0) is 31.1. The highest BCUT2D eigenvalue weighted by atomic mass is 32.1. The first kappa shape index (κ1) is 35.9. The highest BCUT2D eigenvalue weighted by molar-refractivity contribution is 7.80. The van der Waals surface area contributed by atoms with Gasteiger partial charge in [-0.15, -0.1) is 0 Å². The lowest BCUT2D eigenvalue weighted by atomic mass is 10.0. The molecule has 0 aromatic heterocycles. The second-order valence-corrected chi connectivity index (χ2v) is 10.8. The predicted molar refractivity (Wildman–Crippen MR) is 162 cm³/mol. The fourth-order valence-corrected chi connectivity index (χ4v) is 4.21. The Morgan fingerprint density at radius 3 is 1.63 bits per heavy atom. The van der Waals surface area contributed by atoms with E-state index in [1.54, 1.807) is 34.0 Å². The van der Waals surface area contributed by atoms with Crippen molar-refractivity contribution in [2.24, 2.45) is 17.6 Å². The Kier molecular flexibility index (Phi) is 16.1. The molecule has 0 spiro atoms. The minimum Gasteiger partial charge on any atom is -0.347 e. The third-order valence-electron chi connectivity index (χ3n) is 6.09. The normalized spacial score (nSPS) is 14.7. The number of carbonyl (C=O) groups is 5. The molecule has 1 rings (SSSR count). The smallest absolute Gasteiger partial charge is 0.244 e. The first-order chi connectivity index (χ1) is 19.4. The van der Waals surface area contributed by atoms with Crippen LogP contribution in [0, 0.1) is 11.8 Å². The summed E-state index contributed by atoms with van der Waals surface area (Å²) in [5.41, 5.74) is 6.89. The van der Waals surface area contributed by atoms with Gasteiger partial charge in [0.25, 0.3) is 0 Å². The van der Waals surface area contributed by atoms with Crippen LogP contribution in [0.1, 0.15) is 33.3 Å². The van der Waals surface area contributed by atoms with Crippen molar-refractivity contribution in [1.82, 2.24) is 26.6 Å². The summed E-state index contributed by atoms with van der Waals surface area (Å²) in [6, 6.07) is 4.04. The molecule has 12 nitrogen and oxygen atoms in total. The summed E-state index contributed by atoms with van der Waals surface area (Å²) in [7, 11) is 0. The van der Waals surface area contributed by atoms with Crippen LogP contribution in [-0.4, -0.2) is 84.1 Å². The molecule has 0 saturated heterocycles. The second kappa shape index (κ2) is 18.4. The number of nitrogens with one attached hydrogen (secondary N) is 5. The van der Waals surface area contributed by atoms with Crippen molar-refractivity contribution in [3.63, 3.8) is 0 Å². The Labute approximate surface area is 251 Å². The SMILES string of the molecule is CC(C)[C@H](NC(=O)[C@H](CS)NC(=O)[C@@H](NC(=O)[C@H](CS)NC(=O)[C@@H](N)Cc1ccccc1)C(C)C)C(=O)NC[C]=O. The summed E-state index contributed by atoms with van der Waals surface area (Å²) >= 11 is 8.33. The zero-order valence-corrected chi connectivity index (χ0v) is 25.5. The number of hydrogen-bond acceptors (Lipinski definition) is 9. The summed E-state index contributed by atoms with van der Waals surface area (Å²) in [5.74, 6) is -3.96. The molecule has 0 unspecified atom stereocenters. The highest BCUT2D eigenvalue weighted by Gasteiger charge is 2.33. The lowest BCUT2D eigenvalue weighted by Crippen LogP contribution is -2.61. The topological polar surface area (TPSA) is 189 Å². The van der Waals surface area contributed by atoms with Crippen LogP contribution in [0.2, 0.25) is 0 Å². The quantitative estimate of drug-likeness (QED) is 0.103. The number of hydrogen-bond donors (Lipinski definition) is 8. The first-order valence-electron chi connectivity index (χ1n) is 13.2. The average molecular weight is 610 g/mol. The van der Waals surface area contributed by atoms with Crippen molar-refractivity contribution in [3.8, 4) is 0 Å². The molecule has 0 aliphatic carbocycles. The van der Waals surface area contributed by atoms with Crippen LogP contribution in [-0.2, 0) is 35.2 Å². The molecular formula is C27H41N6O6S2. The molecular weight excluding hydrogens is 568 g/mol. The van der Waals surface area contributed by atoms with Crippen LogP contribution >= 0.6 is 25.3 Å². The van der Waals surface area contributed by atoms with Crippen LogP contribution in [0.5, 0.6) is 0 Å². The lowest BCUT2D eigenvalue weighted by Gasteiger charge is -2.28. The van der Waals surface area contributed by atoms with Gasteiger partial charge in [-0.3, -0.25) is 28.8 Å². The van der Waals surface area contributed by atoms with Crippen molar-refractivity contribution in [2.45, 2.75) is 64.3 Å². The summed E-state index contributed by atoms with van der Waals surface area (Å²) in [4.78, 5) is 74.5. The molecule has 1 aromatic rings. The molecule has 0 saturated carbocycles. The van der Waals surface area contributed by atoms with Gasteiger partial charge in [0.05, 0.1) is 12.6 Å². The zero-order valence-electron chi connectivity index (χ0n) is 23.7. The largest absolute Gasteiger partial charge is 0.347 e. The first-order valence-corrected chi connectivity index (χ1v) is 14.5. The van der Waals surface area contributed by atoms with E-state index in [-0.39, 0.29) is 30.4 Å². The van der Waals surface area contributed by atoms with Gasteiger partial charge in [0.1, 0.15) is 24.2 Å². The number of thiol groups is 2. The summed E-state index contributed by atoms with van der Waals surface area (Å²) in [5, 5.41) is 12.7. The van der Waals surface area contributed by atoms with Crippen molar-refractivity contribution in [3.05, 3.63) is 35.9 Å². The van der Waals surface area contributed by atoms with Crippen molar-refractivity contribution in [1.29, 1.82) is 0 Å². The number of nitrogens with two attached hydrogens (primary N) is 1. The van der Waals surface area contributed by atoms with Gasteiger partial charge in [-0.2, -0.15) is 25.3 Å².